The normalized spacial score (nSPS) is 17.5. The van der Waals surface area contributed by atoms with Crippen LogP contribution in [0.4, 0.5) is 0 Å². The highest BCUT2D eigenvalue weighted by Gasteiger charge is 2.33. The van der Waals surface area contributed by atoms with Gasteiger partial charge in [0.15, 0.2) is 0 Å². The van der Waals surface area contributed by atoms with Crippen molar-refractivity contribution in [3.05, 3.63) is 96.3 Å². The molecule has 1 amide bonds. The number of tetrazole rings is 1. The fourth-order valence-corrected chi connectivity index (χ4v) is 6.34. The largest absolute Gasteiger partial charge is 0.491 e. The van der Waals surface area contributed by atoms with Crippen LogP contribution in [-0.4, -0.2) is 76.5 Å². The molecule has 39 heavy (non-hydrogen) atoms. The lowest BCUT2D eigenvalue weighted by Crippen LogP contribution is -2.46. The number of sulfonamides is 1. The van der Waals surface area contributed by atoms with E-state index >= 15 is 0 Å². The highest BCUT2D eigenvalue weighted by molar-refractivity contribution is 7.89. The van der Waals surface area contributed by atoms with Crippen molar-refractivity contribution in [1.82, 2.24) is 29.4 Å². The number of hydrogen-bond donors (Lipinski definition) is 0. The maximum absolute atomic E-state index is 14.1. The van der Waals surface area contributed by atoms with Crippen LogP contribution < -0.4 is 4.74 Å². The number of carbonyl (C=O) groups excluding carboxylic acids is 1. The van der Waals surface area contributed by atoms with Crippen LogP contribution in [0.25, 0.3) is 5.69 Å². The molecule has 1 aromatic heterocycles. The van der Waals surface area contributed by atoms with Crippen molar-refractivity contribution < 1.29 is 17.9 Å². The van der Waals surface area contributed by atoms with Crippen molar-refractivity contribution in [1.29, 1.82) is 0 Å². The molecule has 0 unspecified atom stereocenters. The van der Waals surface area contributed by atoms with Crippen LogP contribution in [0.3, 0.4) is 0 Å². The number of ether oxygens (including phenoxy) is 1. The monoisotopic (exact) mass is 546 g/mol. The van der Waals surface area contributed by atoms with Crippen LogP contribution in [0.2, 0.25) is 0 Å². The summed E-state index contributed by atoms with van der Waals surface area (Å²) in [6, 6.07) is 22.9. The average Bonchev–Trinajstić information content (AvgIpc) is 3.50. The van der Waals surface area contributed by atoms with Gasteiger partial charge in [0.1, 0.15) is 18.7 Å². The Morgan fingerprint density at radius 3 is 2.38 bits per heavy atom. The van der Waals surface area contributed by atoms with E-state index in [1.165, 1.54) is 11.0 Å². The molecule has 1 atom stereocenters. The van der Waals surface area contributed by atoms with Gasteiger partial charge in [-0.05, 0) is 71.7 Å². The van der Waals surface area contributed by atoms with E-state index in [4.69, 9.17) is 4.74 Å². The topological polar surface area (TPSA) is 111 Å². The summed E-state index contributed by atoms with van der Waals surface area (Å²) >= 11 is 0. The lowest BCUT2D eigenvalue weighted by Gasteiger charge is -2.32. The lowest BCUT2D eigenvalue weighted by atomic mass is 10.1. The molecular formula is C28H30N6O4S. The van der Waals surface area contributed by atoms with Gasteiger partial charge in [-0.15, -0.1) is 5.10 Å². The Balaban J connectivity index is 1.51. The highest BCUT2D eigenvalue weighted by atomic mass is 32.2. The molecule has 5 rings (SSSR count). The number of hydrogen-bond acceptors (Lipinski definition) is 7. The van der Waals surface area contributed by atoms with Gasteiger partial charge < -0.3 is 9.64 Å². The first-order valence-corrected chi connectivity index (χ1v) is 14.2. The van der Waals surface area contributed by atoms with Gasteiger partial charge in [-0.1, -0.05) is 42.5 Å². The third-order valence-corrected chi connectivity index (χ3v) is 8.76. The average molecular weight is 547 g/mol. The number of rotatable bonds is 5. The Bertz CT molecular complexity index is 1490. The predicted molar refractivity (Wildman–Crippen MR) is 145 cm³/mol. The molecule has 0 saturated heterocycles. The molecule has 11 heteroatoms. The molecule has 1 aliphatic heterocycles. The Labute approximate surface area is 227 Å². The standard InChI is InChI=1S/C28H30N6O4S/c1-32-17-7-8-18-34(39(36,37)25-15-13-23(14-16-25)33-21-29-30-31-33)24(19-22-9-3-2-4-10-22)20-38-27-12-6-5-11-26(27)28(32)35/h2-6,9-16,21,24H,7-8,17-20H2,1H3/t24-/m0/s1. The smallest absolute Gasteiger partial charge is 0.257 e. The number of benzene rings is 3. The Morgan fingerprint density at radius 2 is 1.64 bits per heavy atom. The van der Waals surface area contributed by atoms with Gasteiger partial charge in [-0.2, -0.15) is 4.31 Å². The van der Waals surface area contributed by atoms with E-state index in [1.807, 2.05) is 36.4 Å². The summed E-state index contributed by atoms with van der Waals surface area (Å²) in [6.45, 7) is 0.886. The predicted octanol–water partition coefficient (Wildman–Crippen LogP) is 3.21. The van der Waals surface area contributed by atoms with E-state index in [0.717, 1.165) is 5.56 Å². The van der Waals surface area contributed by atoms with E-state index in [2.05, 4.69) is 15.5 Å². The van der Waals surface area contributed by atoms with Gasteiger partial charge in [-0.3, -0.25) is 4.79 Å². The summed E-state index contributed by atoms with van der Waals surface area (Å²) in [6.07, 6.45) is 3.16. The zero-order chi connectivity index (χ0) is 27.2. The van der Waals surface area contributed by atoms with Crippen molar-refractivity contribution >= 4 is 15.9 Å². The van der Waals surface area contributed by atoms with E-state index in [0.29, 0.717) is 49.4 Å². The number of fused-ring (bicyclic) bond motifs is 1. The van der Waals surface area contributed by atoms with E-state index in [1.54, 1.807) is 58.7 Å². The molecule has 0 N–H and O–H groups in total. The molecule has 0 bridgehead atoms. The molecule has 2 heterocycles. The van der Waals surface area contributed by atoms with Crippen molar-refractivity contribution in [3.8, 4) is 11.4 Å². The van der Waals surface area contributed by atoms with Crippen molar-refractivity contribution in [2.24, 2.45) is 0 Å². The Morgan fingerprint density at radius 1 is 0.923 bits per heavy atom. The summed E-state index contributed by atoms with van der Waals surface area (Å²) in [5, 5.41) is 11.1. The molecule has 0 saturated carbocycles. The summed E-state index contributed by atoms with van der Waals surface area (Å²) in [4.78, 5) is 14.9. The minimum Gasteiger partial charge on any atom is -0.491 e. The van der Waals surface area contributed by atoms with E-state index < -0.39 is 16.1 Å². The molecule has 0 spiro atoms. The van der Waals surface area contributed by atoms with Gasteiger partial charge in [-0.25, -0.2) is 13.1 Å². The zero-order valence-electron chi connectivity index (χ0n) is 21.6. The second-order valence-corrected chi connectivity index (χ2v) is 11.3. The minimum atomic E-state index is -3.90. The van der Waals surface area contributed by atoms with Crippen LogP contribution >= 0.6 is 0 Å². The van der Waals surface area contributed by atoms with Gasteiger partial charge in [0.2, 0.25) is 10.0 Å². The highest BCUT2D eigenvalue weighted by Crippen LogP contribution is 2.26. The van der Waals surface area contributed by atoms with Crippen LogP contribution in [0.1, 0.15) is 28.8 Å². The van der Waals surface area contributed by atoms with Gasteiger partial charge in [0.05, 0.1) is 22.2 Å². The van der Waals surface area contributed by atoms with E-state index in [-0.39, 0.29) is 17.4 Å². The molecule has 3 aromatic carbocycles. The second-order valence-electron chi connectivity index (χ2n) is 9.45. The summed E-state index contributed by atoms with van der Waals surface area (Å²) in [7, 11) is -2.14. The number of carbonyl (C=O) groups is 1. The molecule has 0 radical (unpaired) electrons. The maximum Gasteiger partial charge on any atom is 0.257 e. The second kappa shape index (κ2) is 11.7. The van der Waals surface area contributed by atoms with Crippen LogP contribution in [0, 0.1) is 0 Å². The fourth-order valence-electron chi connectivity index (χ4n) is 4.69. The number of para-hydroxylation sites is 1. The first-order chi connectivity index (χ1) is 18.9. The summed E-state index contributed by atoms with van der Waals surface area (Å²) in [5.41, 5.74) is 2.12. The maximum atomic E-state index is 14.1. The third kappa shape index (κ3) is 5.99. The SMILES string of the molecule is CN1CCCCN(S(=O)(=O)c2ccc(-n3cnnn3)cc2)[C@@H](Cc2ccccc2)COc2ccccc2C1=O. The Hall–Kier alpha value is -4.09. The minimum absolute atomic E-state index is 0.0881. The van der Waals surface area contributed by atoms with Crippen LogP contribution in [0.15, 0.2) is 90.1 Å². The number of amides is 1. The van der Waals surface area contributed by atoms with Gasteiger partial charge in [0.25, 0.3) is 5.91 Å². The molecule has 10 nitrogen and oxygen atoms in total. The van der Waals surface area contributed by atoms with Gasteiger partial charge in [0, 0.05) is 20.1 Å². The lowest BCUT2D eigenvalue weighted by molar-refractivity contribution is 0.0781. The van der Waals surface area contributed by atoms with Crippen molar-refractivity contribution in [2.75, 3.05) is 26.7 Å². The first kappa shape index (κ1) is 26.5. The first-order valence-electron chi connectivity index (χ1n) is 12.8. The van der Waals surface area contributed by atoms with Crippen molar-refractivity contribution in [3.63, 3.8) is 0 Å². The molecule has 1 aliphatic rings. The quantitative estimate of drug-likeness (QED) is 0.378. The van der Waals surface area contributed by atoms with Crippen molar-refractivity contribution in [2.45, 2.75) is 30.2 Å². The molecule has 4 aromatic rings. The molecule has 0 fully saturated rings. The fraction of sp³-hybridized carbons (Fsp3) is 0.286. The molecule has 0 aliphatic carbocycles. The summed E-state index contributed by atoms with van der Waals surface area (Å²) < 4.78 is 37.5. The number of nitrogens with zero attached hydrogens (tertiary/aromatic N) is 6. The molecule has 202 valence electrons. The number of aromatic nitrogens is 4. The zero-order valence-corrected chi connectivity index (χ0v) is 22.4. The van der Waals surface area contributed by atoms with Crippen LogP contribution in [0.5, 0.6) is 5.75 Å². The van der Waals surface area contributed by atoms with Gasteiger partial charge >= 0.3 is 0 Å². The molecular weight excluding hydrogens is 516 g/mol. The third-order valence-electron chi connectivity index (χ3n) is 6.80. The van der Waals surface area contributed by atoms with Crippen LogP contribution in [-0.2, 0) is 16.4 Å². The Kier molecular flexibility index (Phi) is 7.99. The van der Waals surface area contributed by atoms with E-state index in [9.17, 15) is 13.2 Å². The summed E-state index contributed by atoms with van der Waals surface area (Å²) in [5.74, 6) is 0.328.